The van der Waals surface area contributed by atoms with Crippen molar-refractivity contribution in [3.8, 4) is 0 Å². The summed E-state index contributed by atoms with van der Waals surface area (Å²) in [6.07, 6.45) is 1.75. The monoisotopic (exact) mass is 203 g/mol. The first-order valence-corrected chi connectivity index (χ1v) is 3.17. The number of hydrogen-bond acceptors (Lipinski definition) is 3. The zero-order valence-electron chi connectivity index (χ0n) is 5.29. The molecule has 0 saturated heterocycles. The highest BCUT2D eigenvalue weighted by Crippen LogP contribution is 2.14. The maximum atomic E-state index is 4.06. The Labute approximate surface area is 74.9 Å². The molecule has 3 nitrogen and oxygen atoms in total. The van der Waals surface area contributed by atoms with Crippen LogP contribution in [0, 0.1) is 6.92 Å². The Morgan fingerprint density at radius 2 is 2.00 bits per heavy atom. The van der Waals surface area contributed by atoms with Gasteiger partial charge in [-0.15, -0.1) is 36.4 Å². The van der Waals surface area contributed by atoms with Gasteiger partial charge < -0.3 is 11.0 Å². The maximum absolute atomic E-state index is 4.06. The Balaban J connectivity index is -0.000000163. The third-order valence-corrected chi connectivity index (χ3v) is 1.71. The first-order valence-electron chi connectivity index (χ1n) is 1.90. The van der Waals surface area contributed by atoms with Crippen LogP contribution in [0.5, 0.6) is 0 Å². The van der Waals surface area contributed by atoms with E-state index in [1.165, 1.54) is 0 Å². The van der Waals surface area contributed by atoms with Crippen molar-refractivity contribution < 1.29 is 11.0 Å². The van der Waals surface area contributed by atoms with E-state index in [2.05, 4.69) is 17.6 Å². The van der Waals surface area contributed by atoms with Gasteiger partial charge in [-0.3, -0.25) is 0 Å². The molecule has 62 valence electrons. The Bertz CT molecular complexity index is 154. The van der Waals surface area contributed by atoms with Gasteiger partial charge in [0.1, 0.15) is 0 Å². The second-order valence-electron chi connectivity index (χ2n) is 1.22. The van der Waals surface area contributed by atoms with E-state index in [-0.39, 0.29) is 23.4 Å². The molecular formula is C4H10ClNO2S2. The van der Waals surface area contributed by atoms with E-state index in [9.17, 15) is 0 Å². The van der Waals surface area contributed by atoms with Gasteiger partial charge in [0.25, 0.3) is 0 Å². The molecule has 0 aromatic carbocycles. The Hall–Kier alpha value is 0.190. The van der Waals surface area contributed by atoms with Gasteiger partial charge in [-0.25, -0.2) is 4.98 Å². The van der Waals surface area contributed by atoms with E-state index in [1.54, 1.807) is 17.5 Å². The molecule has 0 fully saturated rings. The minimum Gasteiger partial charge on any atom is -0.412 e. The normalized spacial score (nSPS) is 6.60. The van der Waals surface area contributed by atoms with Crippen molar-refractivity contribution in [2.45, 2.75) is 11.1 Å². The summed E-state index contributed by atoms with van der Waals surface area (Å²) in [5.74, 6) is 0. The van der Waals surface area contributed by atoms with Crippen LogP contribution >= 0.6 is 36.4 Å². The van der Waals surface area contributed by atoms with Gasteiger partial charge in [-0.1, -0.05) is 0 Å². The molecule has 1 aromatic rings. The van der Waals surface area contributed by atoms with E-state index in [1.807, 2.05) is 6.92 Å². The van der Waals surface area contributed by atoms with Crippen molar-refractivity contribution in [3.05, 3.63) is 11.2 Å². The zero-order chi connectivity index (χ0) is 5.28. The van der Waals surface area contributed by atoms with Gasteiger partial charge in [0, 0.05) is 0 Å². The minimum absolute atomic E-state index is 0. The number of thiazole rings is 1. The standard InChI is InChI=1S/C4H5NS2.ClH.2H2O/c1-3-5-2-4(6)7-3;;;/h2,6H,1H3;1H;2*1H2. The Kier molecular flexibility index (Phi) is 12.2. The van der Waals surface area contributed by atoms with Crippen molar-refractivity contribution in [3.63, 3.8) is 0 Å². The molecule has 0 amide bonds. The van der Waals surface area contributed by atoms with Gasteiger partial charge in [0.2, 0.25) is 0 Å². The smallest absolute Gasteiger partial charge is 0.0905 e. The fraction of sp³-hybridized carbons (Fsp3) is 0.250. The van der Waals surface area contributed by atoms with E-state index in [0.717, 1.165) is 9.22 Å². The summed E-state index contributed by atoms with van der Waals surface area (Å²) in [5.41, 5.74) is 0. The fourth-order valence-electron chi connectivity index (χ4n) is 0.350. The molecule has 0 radical (unpaired) electrons. The van der Waals surface area contributed by atoms with E-state index >= 15 is 0 Å². The number of halogens is 1. The molecule has 0 unspecified atom stereocenters. The molecule has 1 aromatic heterocycles. The van der Waals surface area contributed by atoms with Crippen LogP contribution in [-0.2, 0) is 0 Å². The number of aromatic nitrogens is 1. The van der Waals surface area contributed by atoms with Crippen LogP contribution < -0.4 is 0 Å². The molecule has 0 bridgehead atoms. The highest BCUT2D eigenvalue weighted by Gasteiger charge is 1.87. The summed E-state index contributed by atoms with van der Waals surface area (Å²) in [4.78, 5) is 3.96. The van der Waals surface area contributed by atoms with Crippen molar-refractivity contribution in [2.24, 2.45) is 0 Å². The molecule has 0 saturated carbocycles. The topological polar surface area (TPSA) is 75.9 Å². The van der Waals surface area contributed by atoms with Crippen LogP contribution in [0.1, 0.15) is 5.01 Å². The molecule has 10 heavy (non-hydrogen) atoms. The summed E-state index contributed by atoms with van der Waals surface area (Å²) < 4.78 is 0.984. The van der Waals surface area contributed by atoms with E-state index in [0.29, 0.717) is 0 Å². The average Bonchev–Trinajstić information content (AvgIpc) is 1.87. The highest BCUT2D eigenvalue weighted by atomic mass is 35.5. The molecule has 4 N–H and O–H groups in total. The second-order valence-corrected chi connectivity index (χ2v) is 3.24. The molecule has 6 heteroatoms. The number of aryl methyl sites for hydroxylation is 1. The van der Waals surface area contributed by atoms with Crippen molar-refractivity contribution in [1.29, 1.82) is 0 Å². The molecule has 0 aliphatic heterocycles. The van der Waals surface area contributed by atoms with E-state index in [4.69, 9.17) is 0 Å². The first kappa shape index (κ1) is 16.6. The molecule has 0 aliphatic rings. The van der Waals surface area contributed by atoms with Gasteiger partial charge >= 0.3 is 0 Å². The molecular weight excluding hydrogens is 194 g/mol. The SMILES string of the molecule is Cc1ncc(S)s1.Cl.O.O. The number of rotatable bonds is 0. The van der Waals surface area contributed by atoms with Gasteiger partial charge in [0.15, 0.2) is 0 Å². The third-order valence-electron chi connectivity index (χ3n) is 0.609. The largest absolute Gasteiger partial charge is 0.412 e. The van der Waals surface area contributed by atoms with Crippen LogP contribution in [0.15, 0.2) is 10.4 Å². The molecule has 0 atom stereocenters. The maximum Gasteiger partial charge on any atom is 0.0905 e. The first-order chi connectivity index (χ1) is 3.29. The molecule has 0 aliphatic carbocycles. The molecule has 1 rings (SSSR count). The average molecular weight is 204 g/mol. The zero-order valence-corrected chi connectivity index (χ0v) is 7.82. The Morgan fingerprint density at radius 1 is 1.50 bits per heavy atom. The minimum atomic E-state index is 0. The summed E-state index contributed by atoms with van der Waals surface area (Å²) >= 11 is 5.66. The fourth-order valence-corrected chi connectivity index (χ4v) is 1.32. The van der Waals surface area contributed by atoms with Crippen LogP contribution in [0.25, 0.3) is 0 Å². The molecule has 0 spiro atoms. The van der Waals surface area contributed by atoms with Gasteiger partial charge in [0.05, 0.1) is 15.4 Å². The summed E-state index contributed by atoms with van der Waals surface area (Å²) in [6, 6.07) is 0. The lowest BCUT2D eigenvalue weighted by molar-refractivity contribution is 0.823. The number of thiol groups is 1. The van der Waals surface area contributed by atoms with Gasteiger partial charge in [-0.05, 0) is 6.92 Å². The van der Waals surface area contributed by atoms with Gasteiger partial charge in [-0.2, -0.15) is 0 Å². The quantitative estimate of drug-likeness (QED) is 0.613. The second kappa shape index (κ2) is 7.30. The van der Waals surface area contributed by atoms with Crippen molar-refractivity contribution in [2.75, 3.05) is 0 Å². The third kappa shape index (κ3) is 5.01. The van der Waals surface area contributed by atoms with Crippen LogP contribution in [-0.4, -0.2) is 15.9 Å². The van der Waals surface area contributed by atoms with Crippen molar-refractivity contribution >= 4 is 36.4 Å². The highest BCUT2D eigenvalue weighted by molar-refractivity contribution is 7.82. The Morgan fingerprint density at radius 3 is 2.10 bits per heavy atom. The van der Waals surface area contributed by atoms with Crippen LogP contribution in [0.2, 0.25) is 0 Å². The predicted octanol–water partition coefficient (Wildman–Crippen LogP) is 0.513. The lowest BCUT2D eigenvalue weighted by atomic mass is 10.8. The van der Waals surface area contributed by atoms with Crippen LogP contribution in [0.4, 0.5) is 0 Å². The summed E-state index contributed by atoms with van der Waals surface area (Å²) in [5, 5.41) is 1.07. The summed E-state index contributed by atoms with van der Waals surface area (Å²) in [6.45, 7) is 1.96. The lowest BCUT2D eigenvalue weighted by Gasteiger charge is -1.68. The van der Waals surface area contributed by atoms with E-state index < -0.39 is 0 Å². The lowest BCUT2D eigenvalue weighted by Crippen LogP contribution is -1.56. The predicted molar refractivity (Wildman–Crippen MR) is 48.6 cm³/mol. The number of hydrogen-bond donors (Lipinski definition) is 1. The summed E-state index contributed by atoms with van der Waals surface area (Å²) in [7, 11) is 0. The van der Waals surface area contributed by atoms with Crippen molar-refractivity contribution in [1.82, 2.24) is 4.98 Å². The number of nitrogens with zero attached hydrogens (tertiary/aromatic N) is 1. The van der Waals surface area contributed by atoms with Crippen LogP contribution in [0.3, 0.4) is 0 Å². The molecule has 1 heterocycles.